The summed E-state index contributed by atoms with van der Waals surface area (Å²) in [6.07, 6.45) is 1.64. The van der Waals surface area contributed by atoms with Crippen LogP contribution in [0.1, 0.15) is 27.5 Å². The minimum Gasteiger partial charge on any atom is -0.336 e. The molecule has 0 atom stereocenters. The maximum atomic E-state index is 13.4. The molecule has 1 amide bonds. The third-order valence-corrected chi connectivity index (χ3v) is 6.67. The summed E-state index contributed by atoms with van der Waals surface area (Å²) in [4.78, 5) is 17.8. The normalized spacial score (nSPS) is 14.5. The van der Waals surface area contributed by atoms with E-state index in [0.717, 1.165) is 28.8 Å². The summed E-state index contributed by atoms with van der Waals surface area (Å²) in [5.74, 6) is 0.0225. The first-order valence-corrected chi connectivity index (χ1v) is 11.9. The minimum absolute atomic E-state index is 0.0225. The third-order valence-electron chi connectivity index (χ3n) is 6.18. The molecule has 1 aliphatic rings. The van der Waals surface area contributed by atoms with Crippen LogP contribution in [0.25, 0.3) is 11.3 Å². The van der Waals surface area contributed by atoms with E-state index in [1.807, 2.05) is 29.2 Å². The van der Waals surface area contributed by atoms with Gasteiger partial charge < -0.3 is 4.90 Å². The SMILES string of the molecule is O=C(c1cn[nH]c1-c1cccc(Br)c1)N1CCN(C(c2ccccc2)c2ccccc2)CC1. The van der Waals surface area contributed by atoms with Crippen LogP contribution in [0.3, 0.4) is 0 Å². The largest absolute Gasteiger partial charge is 0.336 e. The second-order valence-electron chi connectivity index (χ2n) is 8.22. The molecule has 1 N–H and O–H groups in total. The number of H-pyrrole nitrogens is 1. The zero-order valence-corrected chi connectivity index (χ0v) is 19.8. The molecule has 0 spiro atoms. The second kappa shape index (κ2) is 9.73. The van der Waals surface area contributed by atoms with Gasteiger partial charge in [-0.15, -0.1) is 0 Å². The van der Waals surface area contributed by atoms with Gasteiger partial charge in [0.25, 0.3) is 5.91 Å². The van der Waals surface area contributed by atoms with Gasteiger partial charge in [0.15, 0.2) is 0 Å². The highest BCUT2D eigenvalue weighted by Crippen LogP contribution is 2.30. The number of hydrogen-bond acceptors (Lipinski definition) is 3. The first kappa shape index (κ1) is 21.6. The minimum atomic E-state index is 0.0225. The molecule has 5 rings (SSSR count). The van der Waals surface area contributed by atoms with E-state index in [-0.39, 0.29) is 11.9 Å². The molecule has 0 bridgehead atoms. The molecule has 1 saturated heterocycles. The molecular weight excluding hydrogens is 476 g/mol. The zero-order chi connectivity index (χ0) is 22.6. The van der Waals surface area contributed by atoms with Gasteiger partial charge in [-0.3, -0.25) is 14.8 Å². The van der Waals surface area contributed by atoms with Crippen molar-refractivity contribution in [3.8, 4) is 11.3 Å². The number of nitrogens with one attached hydrogen (secondary N) is 1. The molecule has 0 aliphatic carbocycles. The molecular formula is C27H25BrN4O. The second-order valence-corrected chi connectivity index (χ2v) is 9.14. The predicted molar refractivity (Wildman–Crippen MR) is 134 cm³/mol. The Morgan fingerprint density at radius 1 is 0.848 bits per heavy atom. The van der Waals surface area contributed by atoms with Gasteiger partial charge in [0.1, 0.15) is 0 Å². The summed E-state index contributed by atoms with van der Waals surface area (Å²) >= 11 is 3.51. The molecule has 1 fully saturated rings. The number of carbonyl (C=O) groups excluding carboxylic acids is 1. The lowest BCUT2D eigenvalue weighted by Gasteiger charge is -2.39. The lowest BCUT2D eigenvalue weighted by atomic mass is 9.96. The van der Waals surface area contributed by atoms with E-state index in [9.17, 15) is 4.79 Å². The molecule has 1 aromatic heterocycles. The van der Waals surface area contributed by atoms with Crippen LogP contribution in [-0.4, -0.2) is 52.1 Å². The molecule has 33 heavy (non-hydrogen) atoms. The van der Waals surface area contributed by atoms with E-state index in [0.29, 0.717) is 18.7 Å². The van der Waals surface area contributed by atoms with Crippen LogP contribution >= 0.6 is 15.9 Å². The standard InChI is InChI=1S/C27H25BrN4O/c28-23-13-7-12-22(18-23)25-24(19-29-30-25)27(33)32-16-14-31(15-17-32)26(20-8-3-1-4-9-20)21-10-5-2-6-11-21/h1-13,18-19,26H,14-17H2,(H,29,30). The summed E-state index contributed by atoms with van der Waals surface area (Å²) in [6, 6.07) is 29.3. The molecule has 6 heteroatoms. The number of halogens is 1. The van der Waals surface area contributed by atoms with Crippen LogP contribution in [0.4, 0.5) is 0 Å². The van der Waals surface area contributed by atoms with Gasteiger partial charge in [-0.25, -0.2) is 0 Å². The van der Waals surface area contributed by atoms with Crippen molar-refractivity contribution in [1.82, 2.24) is 20.0 Å². The quantitative estimate of drug-likeness (QED) is 0.399. The molecule has 0 saturated carbocycles. The van der Waals surface area contributed by atoms with Crippen molar-refractivity contribution in [1.29, 1.82) is 0 Å². The number of carbonyl (C=O) groups is 1. The molecule has 166 valence electrons. The van der Waals surface area contributed by atoms with Gasteiger partial charge in [0, 0.05) is 36.2 Å². The monoisotopic (exact) mass is 500 g/mol. The summed E-state index contributed by atoms with van der Waals surface area (Å²) in [7, 11) is 0. The van der Waals surface area contributed by atoms with Crippen LogP contribution in [-0.2, 0) is 0 Å². The number of rotatable bonds is 5. The predicted octanol–water partition coefficient (Wildman–Crippen LogP) is 5.39. The van der Waals surface area contributed by atoms with Gasteiger partial charge >= 0.3 is 0 Å². The van der Waals surface area contributed by atoms with Crippen molar-refractivity contribution in [3.63, 3.8) is 0 Å². The Morgan fingerprint density at radius 2 is 1.48 bits per heavy atom. The van der Waals surface area contributed by atoms with Crippen molar-refractivity contribution in [3.05, 3.63) is 112 Å². The highest BCUT2D eigenvalue weighted by Gasteiger charge is 2.29. The Kier molecular flexibility index (Phi) is 6.37. The average Bonchev–Trinajstić information content (AvgIpc) is 3.36. The van der Waals surface area contributed by atoms with Gasteiger partial charge in [-0.05, 0) is 23.3 Å². The Bertz CT molecular complexity index is 1180. The molecule has 4 aromatic rings. The maximum Gasteiger partial charge on any atom is 0.257 e. The number of aromatic nitrogens is 2. The fraction of sp³-hybridized carbons (Fsp3) is 0.185. The topological polar surface area (TPSA) is 52.2 Å². The zero-order valence-electron chi connectivity index (χ0n) is 18.2. The van der Waals surface area contributed by atoms with E-state index in [2.05, 4.69) is 91.7 Å². The summed E-state index contributed by atoms with van der Waals surface area (Å²) < 4.78 is 0.967. The van der Waals surface area contributed by atoms with Crippen LogP contribution in [0.15, 0.2) is 95.6 Å². The van der Waals surface area contributed by atoms with Crippen molar-refractivity contribution in [2.45, 2.75) is 6.04 Å². The average molecular weight is 501 g/mol. The highest BCUT2D eigenvalue weighted by molar-refractivity contribution is 9.10. The molecule has 0 radical (unpaired) electrons. The van der Waals surface area contributed by atoms with Crippen LogP contribution in [0, 0.1) is 0 Å². The van der Waals surface area contributed by atoms with Crippen molar-refractivity contribution < 1.29 is 4.79 Å². The fourth-order valence-electron chi connectivity index (χ4n) is 4.55. The van der Waals surface area contributed by atoms with E-state index in [4.69, 9.17) is 0 Å². The first-order chi connectivity index (χ1) is 16.2. The van der Waals surface area contributed by atoms with Crippen LogP contribution in [0.5, 0.6) is 0 Å². The number of piperazine rings is 1. The van der Waals surface area contributed by atoms with Crippen LogP contribution in [0.2, 0.25) is 0 Å². The Balaban J connectivity index is 1.34. The number of hydrogen-bond donors (Lipinski definition) is 1. The Morgan fingerprint density at radius 3 is 2.09 bits per heavy atom. The Hall–Kier alpha value is -3.22. The van der Waals surface area contributed by atoms with Gasteiger partial charge in [0.2, 0.25) is 0 Å². The molecule has 0 unspecified atom stereocenters. The molecule has 1 aliphatic heterocycles. The summed E-state index contributed by atoms with van der Waals surface area (Å²) in [5.41, 5.74) is 4.86. The van der Waals surface area contributed by atoms with E-state index < -0.39 is 0 Å². The van der Waals surface area contributed by atoms with E-state index >= 15 is 0 Å². The number of amides is 1. The molecule has 2 heterocycles. The van der Waals surface area contributed by atoms with Crippen LogP contribution < -0.4 is 0 Å². The van der Waals surface area contributed by atoms with Crippen molar-refractivity contribution >= 4 is 21.8 Å². The summed E-state index contributed by atoms with van der Waals surface area (Å²) in [6.45, 7) is 2.98. The first-order valence-electron chi connectivity index (χ1n) is 11.1. The molecule has 3 aromatic carbocycles. The molecule has 5 nitrogen and oxygen atoms in total. The lowest BCUT2D eigenvalue weighted by Crippen LogP contribution is -2.49. The number of nitrogens with zero attached hydrogens (tertiary/aromatic N) is 3. The summed E-state index contributed by atoms with van der Waals surface area (Å²) in [5, 5.41) is 7.18. The number of aromatic amines is 1. The third kappa shape index (κ3) is 4.63. The van der Waals surface area contributed by atoms with Gasteiger partial charge in [-0.1, -0.05) is 88.7 Å². The fourth-order valence-corrected chi connectivity index (χ4v) is 4.95. The van der Waals surface area contributed by atoms with Crippen molar-refractivity contribution in [2.24, 2.45) is 0 Å². The smallest absolute Gasteiger partial charge is 0.257 e. The maximum absolute atomic E-state index is 13.4. The van der Waals surface area contributed by atoms with E-state index in [1.165, 1.54) is 11.1 Å². The number of benzene rings is 3. The van der Waals surface area contributed by atoms with Gasteiger partial charge in [0.05, 0.1) is 23.5 Å². The van der Waals surface area contributed by atoms with Crippen molar-refractivity contribution in [2.75, 3.05) is 26.2 Å². The van der Waals surface area contributed by atoms with E-state index in [1.54, 1.807) is 6.20 Å². The van der Waals surface area contributed by atoms with Gasteiger partial charge in [-0.2, -0.15) is 5.10 Å². The highest BCUT2D eigenvalue weighted by atomic mass is 79.9. The lowest BCUT2D eigenvalue weighted by molar-refractivity contribution is 0.0598. The Labute approximate surface area is 202 Å².